The molecule has 0 aromatic heterocycles. The van der Waals surface area contributed by atoms with Crippen LogP contribution in [0.15, 0.2) is 22.0 Å². The zero-order valence-electron chi connectivity index (χ0n) is 13.4. The third kappa shape index (κ3) is 4.07. The molecule has 22 heavy (non-hydrogen) atoms. The predicted molar refractivity (Wildman–Crippen MR) is 87.8 cm³/mol. The summed E-state index contributed by atoms with van der Waals surface area (Å²) >= 11 is 0. The van der Waals surface area contributed by atoms with Crippen LogP contribution in [0.4, 0.5) is 0 Å². The van der Waals surface area contributed by atoms with Crippen LogP contribution in [0.1, 0.15) is 54.6 Å². The van der Waals surface area contributed by atoms with Gasteiger partial charge in [-0.05, 0) is 29.5 Å². The Morgan fingerprint density at radius 2 is 1.86 bits per heavy atom. The first-order chi connectivity index (χ1) is 10.1. The number of rotatable bonds is 5. The smallest absolute Gasteiger partial charge is 0.280 e. The van der Waals surface area contributed by atoms with E-state index in [1.165, 1.54) is 0 Å². The third-order valence-corrected chi connectivity index (χ3v) is 4.47. The minimum absolute atomic E-state index is 0.0209. The molecule has 0 saturated heterocycles. The minimum Gasteiger partial charge on any atom is -0.370 e. The standard InChI is InChI=1S/C15H23N3O3S/c1-5-6-11-12(14(19)18-15(16)17)8-7-10(9(2)3)13(11)22(4,20)21/h7-9H,5-6H2,1-4H3,(H4,16,17,18,19). The van der Waals surface area contributed by atoms with Crippen molar-refractivity contribution in [1.29, 1.82) is 0 Å². The Morgan fingerprint density at radius 3 is 2.27 bits per heavy atom. The normalized spacial score (nSPS) is 11.5. The van der Waals surface area contributed by atoms with Gasteiger partial charge in [-0.25, -0.2) is 8.42 Å². The molecule has 0 aliphatic rings. The number of sulfone groups is 1. The molecule has 0 fully saturated rings. The van der Waals surface area contributed by atoms with Gasteiger partial charge in [-0.1, -0.05) is 33.3 Å². The van der Waals surface area contributed by atoms with E-state index >= 15 is 0 Å². The molecule has 0 aliphatic heterocycles. The molecular weight excluding hydrogens is 302 g/mol. The van der Waals surface area contributed by atoms with Crippen LogP contribution in [-0.2, 0) is 16.3 Å². The van der Waals surface area contributed by atoms with E-state index in [9.17, 15) is 13.2 Å². The average Bonchev–Trinajstić information content (AvgIpc) is 2.35. The molecule has 0 radical (unpaired) electrons. The molecule has 0 heterocycles. The second kappa shape index (κ2) is 6.91. The zero-order valence-corrected chi connectivity index (χ0v) is 14.2. The fourth-order valence-electron chi connectivity index (χ4n) is 2.41. The van der Waals surface area contributed by atoms with Crippen molar-refractivity contribution in [1.82, 2.24) is 0 Å². The second-order valence-electron chi connectivity index (χ2n) is 5.53. The van der Waals surface area contributed by atoms with Crippen molar-refractivity contribution in [3.63, 3.8) is 0 Å². The first-order valence-electron chi connectivity index (χ1n) is 7.09. The second-order valence-corrected chi connectivity index (χ2v) is 7.48. The molecule has 1 aromatic rings. The molecule has 6 nitrogen and oxygen atoms in total. The average molecular weight is 325 g/mol. The molecule has 0 saturated carbocycles. The molecule has 0 spiro atoms. The van der Waals surface area contributed by atoms with Crippen molar-refractivity contribution in [3.05, 3.63) is 28.8 Å². The van der Waals surface area contributed by atoms with Crippen LogP contribution in [-0.4, -0.2) is 26.5 Å². The first kappa shape index (κ1) is 18.2. The summed E-state index contributed by atoms with van der Waals surface area (Å²) in [5.41, 5.74) is 11.9. The van der Waals surface area contributed by atoms with Gasteiger partial charge in [0.2, 0.25) is 0 Å². The molecular formula is C15H23N3O3S. The summed E-state index contributed by atoms with van der Waals surface area (Å²) in [6.45, 7) is 5.75. The van der Waals surface area contributed by atoms with E-state index in [-0.39, 0.29) is 22.3 Å². The fraction of sp³-hybridized carbons (Fsp3) is 0.467. The Labute approximate surface area is 131 Å². The monoisotopic (exact) mass is 325 g/mol. The number of carbonyl (C=O) groups is 1. The zero-order chi connectivity index (χ0) is 17.1. The Balaban J connectivity index is 3.76. The highest BCUT2D eigenvalue weighted by Crippen LogP contribution is 2.31. The van der Waals surface area contributed by atoms with Crippen molar-refractivity contribution in [2.45, 2.75) is 44.4 Å². The van der Waals surface area contributed by atoms with Gasteiger partial charge in [0.1, 0.15) is 0 Å². The van der Waals surface area contributed by atoms with Crippen LogP contribution in [0.3, 0.4) is 0 Å². The highest BCUT2D eigenvalue weighted by Gasteiger charge is 2.24. The van der Waals surface area contributed by atoms with Gasteiger partial charge in [0.05, 0.1) is 4.90 Å². The van der Waals surface area contributed by atoms with Crippen molar-refractivity contribution >= 4 is 21.7 Å². The van der Waals surface area contributed by atoms with Crippen molar-refractivity contribution in [2.75, 3.05) is 6.26 Å². The number of aliphatic imine (C=N–C) groups is 1. The highest BCUT2D eigenvalue weighted by molar-refractivity contribution is 7.90. The number of carbonyl (C=O) groups excluding carboxylic acids is 1. The van der Waals surface area contributed by atoms with Gasteiger partial charge in [0.25, 0.3) is 5.91 Å². The maximum Gasteiger partial charge on any atom is 0.280 e. The fourth-order valence-corrected chi connectivity index (χ4v) is 3.81. The number of amides is 1. The van der Waals surface area contributed by atoms with E-state index in [1.807, 2.05) is 20.8 Å². The number of guanidine groups is 1. The number of benzene rings is 1. The minimum atomic E-state index is -3.48. The van der Waals surface area contributed by atoms with Crippen molar-refractivity contribution < 1.29 is 13.2 Å². The van der Waals surface area contributed by atoms with Crippen LogP contribution >= 0.6 is 0 Å². The molecule has 0 atom stereocenters. The molecule has 0 aliphatic carbocycles. The highest BCUT2D eigenvalue weighted by atomic mass is 32.2. The van der Waals surface area contributed by atoms with Gasteiger partial charge in [-0.3, -0.25) is 4.79 Å². The Hall–Kier alpha value is -1.89. The summed E-state index contributed by atoms with van der Waals surface area (Å²) in [4.78, 5) is 15.9. The van der Waals surface area contributed by atoms with E-state index in [0.717, 1.165) is 6.26 Å². The summed E-state index contributed by atoms with van der Waals surface area (Å²) in [5.74, 6) is -0.947. The predicted octanol–water partition coefficient (Wildman–Crippen LogP) is 1.58. The SMILES string of the molecule is CCCc1c(C(=O)N=C(N)N)ccc(C(C)C)c1S(C)(=O)=O. The van der Waals surface area contributed by atoms with Crippen LogP contribution in [0.5, 0.6) is 0 Å². The van der Waals surface area contributed by atoms with E-state index < -0.39 is 15.7 Å². The van der Waals surface area contributed by atoms with E-state index in [1.54, 1.807) is 12.1 Å². The van der Waals surface area contributed by atoms with Gasteiger partial charge in [-0.15, -0.1) is 0 Å². The maximum atomic E-state index is 12.3. The van der Waals surface area contributed by atoms with Gasteiger partial charge in [0.15, 0.2) is 15.8 Å². The van der Waals surface area contributed by atoms with E-state index in [2.05, 4.69) is 4.99 Å². The molecule has 122 valence electrons. The molecule has 0 bridgehead atoms. The van der Waals surface area contributed by atoms with Crippen LogP contribution in [0.25, 0.3) is 0 Å². The Kier molecular flexibility index (Phi) is 5.71. The molecule has 1 rings (SSSR count). The lowest BCUT2D eigenvalue weighted by atomic mass is 9.94. The molecule has 4 N–H and O–H groups in total. The Bertz CT molecular complexity index is 703. The largest absolute Gasteiger partial charge is 0.370 e. The summed E-state index contributed by atoms with van der Waals surface area (Å²) in [7, 11) is -3.48. The van der Waals surface area contributed by atoms with Gasteiger partial charge >= 0.3 is 0 Å². The summed E-state index contributed by atoms with van der Waals surface area (Å²) in [6, 6.07) is 3.26. The lowest BCUT2D eigenvalue weighted by Crippen LogP contribution is -2.24. The molecule has 1 aromatic carbocycles. The van der Waals surface area contributed by atoms with Crippen LogP contribution in [0, 0.1) is 0 Å². The topological polar surface area (TPSA) is 116 Å². The molecule has 0 unspecified atom stereocenters. The van der Waals surface area contributed by atoms with Gasteiger partial charge < -0.3 is 11.5 Å². The first-order valence-corrected chi connectivity index (χ1v) is 8.98. The van der Waals surface area contributed by atoms with Crippen molar-refractivity contribution in [2.24, 2.45) is 16.5 Å². The van der Waals surface area contributed by atoms with Crippen LogP contribution in [0.2, 0.25) is 0 Å². The quantitative estimate of drug-likeness (QED) is 0.630. The molecule has 7 heteroatoms. The third-order valence-electron chi connectivity index (χ3n) is 3.24. The number of nitrogens with zero attached hydrogens (tertiary/aromatic N) is 1. The summed E-state index contributed by atoms with van der Waals surface area (Å²) < 4.78 is 24.5. The molecule has 1 amide bonds. The van der Waals surface area contributed by atoms with Crippen LogP contribution < -0.4 is 11.5 Å². The van der Waals surface area contributed by atoms with Gasteiger partial charge in [0, 0.05) is 11.8 Å². The Morgan fingerprint density at radius 1 is 1.27 bits per heavy atom. The lowest BCUT2D eigenvalue weighted by molar-refractivity contribution is 0.100. The number of hydrogen-bond donors (Lipinski definition) is 2. The summed E-state index contributed by atoms with van der Waals surface area (Å²) in [5, 5.41) is 0. The lowest BCUT2D eigenvalue weighted by Gasteiger charge is -2.18. The summed E-state index contributed by atoms with van der Waals surface area (Å²) in [6.07, 6.45) is 2.32. The van der Waals surface area contributed by atoms with E-state index in [0.29, 0.717) is 24.0 Å². The van der Waals surface area contributed by atoms with Gasteiger partial charge in [-0.2, -0.15) is 4.99 Å². The number of hydrogen-bond acceptors (Lipinski definition) is 3. The number of nitrogens with two attached hydrogens (primary N) is 2. The van der Waals surface area contributed by atoms with E-state index in [4.69, 9.17) is 11.5 Å². The maximum absolute atomic E-state index is 12.3. The van der Waals surface area contributed by atoms with Crippen molar-refractivity contribution in [3.8, 4) is 0 Å².